The number of hydrogen-bond acceptors (Lipinski definition) is 20. The van der Waals surface area contributed by atoms with Gasteiger partial charge in [0.15, 0.2) is 34.5 Å². The molecule has 24 heteroatoms. The van der Waals surface area contributed by atoms with Gasteiger partial charge in [0, 0.05) is 50.4 Å². The number of amides is 3. The molecule has 0 unspecified atom stereocenters. The van der Waals surface area contributed by atoms with E-state index in [1.165, 1.54) is 35.5 Å². The van der Waals surface area contributed by atoms with Gasteiger partial charge in [0.1, 0.15) is 10.7 Å². The number of aromatic nitrogens is 8. The monoisotopic (exact) mass is 957 g/mol. The van der Waals surface area contributed by atoms with Gasteiger partial charge in [-0.25, -0.2) is 40.5 Å². The molecular weight excluding hydrogens is 918 g/mol. The Kier molecular flexibility index (Phi) is 16.0. The maximum absolute atomic E-state index is 12.1. The molecule has 0 radical (unpaired) electrons. The number of para-hydroxylation sites is 1. The van der Waals surface area contributed by atoms with Gasteiger partial charge in [0.05, 0.1) is 48.3 Å². The summed E-state index contributed by atoms with van der Waals surface area (Å²) in [4.78, 5) is 73.7. The molecule has 0 fully saturated rings. The normalized spacial score (nSPS) is 10.2. The van der Waals surface area contributed by atoms with E-state index in [0.29, 0.717) is 43.9 Å². The number of anilines is 5. The van der Waals surface area contributed by atoms with Gasteiger partial charge in [-0.05, 0) is 52.3 Å². The highest BCUT2D eigenvalue weighted by atomic mass is 79.9. The smallest absolute Gasteiger partial charge is 0.360 e. The van der Waals surface area contributed by atoms with Crippen LogP contribution in [0, 0.1) is 11.3 Å². The number of esters is 1. The molecule has 0 spiro atoms. The average molecular weight is 959 g/mol. The van der Waals surface area contributed by atoms with Crippen LogP contribution in [0.1, 0.15) is 47.3 Å². The molecule has 7 aromatic rings. The van der Waals surface area contributed by atoms with E-state index in [4.69, 9.17) is 27.5 Å². The standard InChI is InChI=1S/C22H18N8O2.C14H16N6O2.C6H6BrN3O2/c1-30(2)21(31)14-9-7-13(8-10-14)17-12-25-19(24)18(26-17)20-28-29-22(32-20)27-16-6-4-3-5-15(16)11-23;1-20(2)14(22)9-5-3-8(4-6-9)10-7-17-12(15)11(18-10)13(21)19-16;1-12-6(11)4-5(8)9-2-3(7)10-4/h3-10,12H,1-2H3,(H2,24,25)(H,27,29);3-7H,16H2,1-2H3,(H2,15,17)(H,19,21);2H,1H3,(H2,8,9). The summed E-state index contributed by atoms with van der Waals surface area (Å²) in [6.07, 6.45) is 4.38. The lowest BCUT2D eigenvalue weighted by atomic mass is 10.1. The number of halogens is 1. The lowest BCUT2D eigenvalue weighted by Gasteiger charge is -2.10. The highest BCUT2D eigenvalue weighted by Gasteiger charge is 2.18. The molecule has 4 heterocycles. The number of nitrogens with one attached hydrogen (secondary N) is 2. The quantitative estimate of drug-likeness (QED) is 0.0519. The van der Waals surface area contributed by atoms with Crippen LogP contribution in [0.25, 0.3) is 34.1 Å². The minimum atomic E-state index is -0.619. The Morgan fingerprint density at radius 3 is 1.79 bits per heavy atom. The number of carbonyl (C=O) groups is 4. The fraction of sp³-hybridized carbons (Fsp3) is 0.119. The van der Waals surface area contributed by atoms with E-state index in [9.17, 15) is 24.4 Å². The number of benzene rings is 3. The fourth-order valence-corrected chi connectivity index (χ4v) is 5.63. The van der Waals surface area contributed by atoms with Crippen molar-refractivity contribution in [3.8, 4) is 40.2 Å². The minimum absolute atomic E-state index is 0.00824. The van der Waals surface area contributed by atoms with Gasteiger partial charge < -0.3 is 41.5 Å². The number of hydrazine groups is 1. The molecule has 0 saturated heterocycles. The maximum atomic E-state index is 12.1. The number of nitrogen functional groups attached to an aromatic ring is 4. The summed E-state index contributed by atoms with van der Waals surface area (Å²) in [5.41, 5.74) is 23.6. The van der Waals surface area contributed by atoms with Gasteiger partial charge in [0.2, 0.25) is 0 Å². The lowest BCUT2D eigenvalue weighted by molar-refractivity contribution is 0.0594. The summed E-state index contributed by atoms with van der Waals surface area (Å²) in [7, 11) is 8.00. The molecule has 3 aromatic carbocycles. The number of carbonyl (C=O) groups excluding carboxylic acids is 4. The van der Waals surface area contributed by atoms with Crippen LogP contribution in [0.15, 0.2) is 100 Å². The minimum Gasteiger partial charge on any atom is -0.464 e. The fourth-order valence-electron chi connectivity index (χ4n) is 5.35. The number of rotatable bonds is 9. The summed E-state index contributed by atoms with van der Waals surface area (Å²) in [5.74, 6) is 3.93. The first-order valence-corrected chi connectivity index (χ1v) is 19.7. The number of hydrogen-bond donors (Lipinski definition) is 6. The van der Waals surface area contributed by atoms with Gasteiger partial charge in [-0.2, -0.15) is 5.26 Å². The Bertz CT molecular complexity index is 2920. The summed E-state index contributed by atoms with van der Waals surface area (Å²) < 4.78 is 10.5. The van der Waals surface area contributed by atoms with Crippen molar-refractivity contribution >= 4 is 68.8 Å². The molecule has 0 aliphatic rings. The van der Waals surface area contributed by atoms with E-state index in [0.717, 1.165) is 5.56 Å². The number of nitrogens with two attached hydrogens (primary N) is 4. The van der Waals surface area contributed by atoms with Crippen molar-refractivity contribution in [1.29, 1.82) is 5.26 Å². The van der Waals surface area contributed by atoms with Crippen molar-refractivity contribution in [3.05, 3.63) is 124 Å². The highest BCUT2D eigenvalue weighted by Crippen LogP contribution is 2.28. The molecule has 0 aliphatic heterocycles. The summed E-state index contributed by atoms with van der Waals surface area (Å²) >= 11 is 3.06. The Hall–Kier alpha value is -8.95. The van der Waals surface area contributed by atoms with Crippen LogP contribution in [0.5, 0.6) is 0 Å². The van der Waals surface area contributed by atoms with E-state index in [-0.39, 0.29) is 58.3 Å². The topological polar surface area (TPSA) is 352 Å². The Balaban J connectivity index is 0.000000207. The van der Waals surface area contributed by atoms with Gasteiger partial charge in [0.25, 0.3) is 23.6 Å². The summed E-state index contributed by atoms with van der Waals surface area (Å²) in [5, 5.41) is 20.1. The third-order valence-electron chi connectivity index (χ3n) is 8.68. The van der Waals surface area contributed by atoms with E-state index in [1.54, 1.807) is 101 Å². The molecule has 0 atom stereocenters. The van der Waals surface area contributed by atoms with Gasteiger partial charge >= 0.3 is 12.0 Å². The van der Waals surface area contributed by atoms with Crippen molar-refractivity contribution in [2.24, 2.45) is 5.84 Å². The van der Waals surface area contributed by atoms with Crippen LogP contribution < -0.4 is 33.8 Å². The first-order chi connectivity index (χ1) is 31.5. The van der Waals surface area contributed by atoms with Crippen LogP contribution in [-0.2, 0) is 4.74 Å². The van der Waals surface area contributed by atoms with E-state index in [1.807, 2.05) is 5.43 Å². The van der Waals surface area contributed by atoms with Crippen molar-refractivity contribution in [3.63, 3.8) is 0 Å². The van der Waals surface area contributed by atoms with E-state index < -0.39 is 11.9 Å². The van der Waals surface area contributed by atoms with E-state index >= 15 is 0 Å². The molecule has 3 amide bonds. The van der Waals surface area contributed by atoms with Crippen molar-refractivity contribution in [2.45, 2.75) is 0 Å². The SMILES string of the molecule is CN(C)C(=O)c1ccc(-c2cnc(N)c(-c3nnc(Nc4ccccc4C#N)o3)n2)cc1.CN(C)C(=O)c1ccc(-c2cnc(N)c(C(=O)NN)n2)cc1.COC(=O)c1nc(Br)cnc1N. The summed E-state index contributed by atoms with van der Waals surface area (Å²) in [6.45, 7) is 0. The third-order valence-corrected chi connectivity index (χ3v) is 9.06. The summed E-state index contributed by atoms with van der Waals surface area (Å²) in [6, 6.07) is 22.9. The van der Waals surface area contributed by atoms with Crippen LogP contribution >= 0.6 is 15.9 Å². The third kappa shape index (κ3) is 11.9. The van der Waals surface area contributed by atoms with E-state index in [2.05, 4.69) is 72.2 Å². The van der Waals surface area contributed by atoms with Crippen LogP contribution in [0.4, 0.5) is 29.2 Å². The molecule has 336 valence electrons. The first-order valence-electron chi connectivity index (χ1n) is 18.9. The average Bonchev–Trinajstić information content (AvgIpc) is 3.80. The van der Waals surface area contributed by atoms with Crippen molar-refractivity contribution in [2.75, 3.05) is 57.8 Å². The number of ether oxygens (including phenoxy) is 1. The Morgan fingerprint density at radius 1 is 0.712 bits per heavy atom. The molecule has 10 N–H and O–H groups in total. The second-order valence-corrected chi connectivity index (χ2v) is 14.4. The largest absolute Gasteiger partial charge is 0.464 e. The van der Waals surface area contributed by atoms with Crippen LogP contribution in [0.2, 0.25) is 0 Å². The molecule has 0 aliphatic carbocycles. The van der Waals surface area contributed by atoms with Crippen molar-refractivity contribution < 1.29 is 28.3 Å². The lowest BCUT2D eigenvalue weighted by Crippen LogP contribution is -2.31. The molecule has 66 heavy (non-hydrogen) atoms. The zero-order valence-corrected chi connectivity index (χ0v) is 37.3. The van der Waals surface area contributed by atoms with Crippen LogP contribution in [-0.4, -0.2) is 109 Å². The molecular formula is C42H40BrN17O6. The predicted molar refractivity (Wildman–Crippen MR) is 245 cm³/mol. The zero-order valence-electron chi connectivity index (χ0n) is 35.7. The molecule has 7 rings (SSSR count). The second-order valence-electron chi connectivity index (χ2n) is 13.6. The second kappa shape index (κ2) is 21.9. The zero-order chi connectivity index (χ0) is 48.1. The molecule has 0 saturated carbocycles. The Morgan fingerprint density at radius 2 is 1.24 bits per heavy atom. The molecule has 23 nitrogen and oxygen atoms in total. The molecule has 0 bridgehead atoms. The maximum Gasteiger partial charge on any atom is 0.360 e. The number of nitriles is 1. The predicted octanol–water partition coefficient (Wildman–Crippen LogP) is 3.73. The van der Waals surface area contributed by atoms with Gasteiger partial charge in [-0.3, -0.25) is 19.8 Å². The van der Waals surface area contributed by atoms with Crippen molar-refractivity contribution in [1.82, 2.24) is 55.3 Å². The number of methoxy groups -OCH3 is 1. The molecule has 4 aromatic heterocycles. The van der Waals surface area contributed by atoms with Crippen LogP contribution in [0.3, 0.4) is 0 Å². The highest BCUT2D eigenvalue weighted by molar-refractivity contribution is 9.10. The van der Waals surface area contributed by atoms with Gasteiger partial charge in [-0.1, -0.05) is 41.5 Å². The number of nitrogens with zero attached hydrogens (tertiary/aromatic N) is 11. The Labute approximate surface area is 384 Å². The van der Waals surface area contributed by atoms with Gasteiger partial charge in [-0.15, -0.1) is 5.10 Å². The first kappa shape index (κ1) is 48.1.